The van der Waals surface area contributed by atoms with Crippen molar-refractivity contribution in [3.8, 4) is 5.00 Å². The van der Waals surface area contributed by atoms with Crippen LogP contribution in [0.1, 0.15) is 64.6 Å². The van der Waals surface area contributed by atoms with Gasteiger partial charge in [0.1, 0.15) is 22.9 Å². The molecule has 2 fully saturated rings. The van der Waals surface area contributed by atoms with Crippen LogP contribution in [-0.2, 0) is 4.79 Å². The lowest BCUT2D eigenvalue weighted by molar-refractivity contribution is -0.125. The molecule has 0 spiro atoms. The molecule has 6 heterocycles. The fourth-order valence-corrected chi connectivity index (χ4v) is 8.96. The van der Waals surface area contributed by atoms with Gasteiger partial charge in [0.2, 0.25) is 5.91 Å². The van der Waals surface area contributed by atoms with E-state index < -0.39 is 6.04 Å². The molecule has 2 saturated heterocycles. The van der Waals surface area contributed by atoms with Crippen molar-refractivity contribution < 1.29 is 4.79 Å². The lowest BCUT2D eigenvalue weighted by Gasteiger charge is -2.36. The van der Waals surface area contributed by atoms with Crippen molar-refractivity contribution in [1.82, 2.24) is 40.1 Å². The number of benzene rings is 2. The minimum absolute atomic E-state index is 0.241. The summed E-state index contributed by atoms with van der Waals surface area (Å²) >= 11 is 8.03. The Bertz CT molecular complexity index is 2390. The van der Waals surface area contributed by atoms with Crippen molar-refractivity contribution in [2.24, 2.45) is 4.99 Å². The van der Waals surface area contributed by atoms with Gasteiger partial charge in [-0.3, -0.25) is 24.0 Å². The minimum atomic E-state index is -0.625. The number of amides is 1. The van der Waals surface area contributed by atoms with E-state index in [9.17, 15) is 9.59 Å². The van der Waals surface area contributed by atoms with E-state index in [-0.39, 0.29) is 17.5 Å². The van der Waals surface area contributed by atoms with Crippen molar-refractivity contribution in [3.63, 3.8) is 0 Å². The van der Waals surface area contributed by atoms with Gasteiger partial charge < -0.3 is 15.5 Å². The standard InChI is InChI=1S/C40H43ClN10O2S/c1-23-6-13-34(38(52)44-23)51-39(53)32-12-11-31(21-29(32)22-43-51)49-18-16-48(17-19-49)15-14-42-24(2)20-33-37-47-46-27(5)50(37)40-35(25(3)26(4)54-40)36(45-33)28-7-9-30(41)10-8-28/h7-12,21-22,33-34,42H,1-2,6,13-20H2,3-5H3,(H,44,52). The molecule has 278 valence electrons. The molecule has 2 aromatic carbocycles. The number of aromatic nitrogens is 5. The van der Waals surface area contributed by atoms with Gasteiger partial charge in [0.05, 0.1) is 17.3 Å². The fourth-order valence-electron chi connectivity index (χ4n) is 7.62. The number of halogens is 1. The van der Waals surface area contributed by atoms with E-state index in [4.69, 9.17) is 16.6 Å². The van der Waals surface area contributed by atoms with Crippen LogP contribution in [0.15, 0.2) is 83.0 Å². The Morgan fingerprint density at radius 1 is 1.06 bits per heavy atom. The van der Waals surface area contributed by atoms with Crippen LogP contribution in [0.2, 0.25) is 5.02 Å². The Morgan fingerprint density at radius 2 is 1.83 bits per heavy atom. The van der Waals surface area contributed by atoms with Gasteiger partial charge in [-0.25, -0.2) is 4.68 Å². The number of aliphatic imine (C=N–C) groups is 1. The number of allylic oxidation sites excluding steroid dienone is 1. The maximum absolute atomic E-state index is 13.3. The Kier molecular flexibility index (Phi) is 9.71. The molecule has 54 heavy (non-hydrogen) atoms. The second-order valence-corrected chi connectivity index (χ2v) is 15.9. The zero-order valence-electron chi connectivity index (χ0n) is 30.7. The molecule has 1 amide bonds. The summed E-state index contributed by atoms with van der Waals surface area (Å²) in [5, 5.41) is 22.9. The third-order valence-corrected chi connectivity index (χ3v) is 12.2. The number of hydrogen-bond acceptors (Lipinski definition) is 10. The molecule has 14 heteroatoms. The summed E-state index contributed by atoms with van der Waals surface area (Å²) in [5.41, 5.74) is 6.66. The predicted molar refractivity (Wildman–Crippen MR) is 215 cm³/mol. The number of thiophene rings is 1. The number of piperazine rings is 1. The highest BCUT2D eigenvalue weighted by molar-refractivity contribution is 7.15. The van der Waals surface area contributed by atoms with Crippen LogP contribution in [0.25, 0.3) is 15.8 Å². The van der Waals surface area contributed by atoms with Crippen LogP contribution in [0.3, 0.4) is 0 Å². The summed E-state index contributed by atoms with van der Waals surface area (Å²) < 4.78 is 3.47. The largest absolute Gasteiger partial charge is 0.387 e. The van der Waals surface area contributed by atoms with Crippen LogP contribution < -0.4 is 21.1 Å². The number of anilines is 1. The number of nitrogens with zero attached hydrogens (tertiary/aromatic N) is 8. The number of carbonyl (C=O) groups is 1. The fraction of sp³-hybridized carbons (Fsp3) is 0.350. The highest BCUT2D eigenvalue weighted by Gasteiger charge is 2.32. The first-order valence-electron chi connectivity index (χ1n) is 18.3. The molecule has 5 aromatic rings. The molecule has 3 aliphatic rings. The average Bonchev–Trinajstić information content (AvgIpc) is 3.64. The van der Waals surface area contributed by atoms with Gasteiger partial charge in [-0.1, -0.05) is 36.9 Å². The number of carbonyl (C=O) groups excluding carboxylic acids is 1. The number of rotatable bonds is 9. The smallest absolute Gasteiger partial charge is 0.275 e. The maximum atomic E-state index is 13.3. The molecule has 2 N–H and O–H groups in total. The number of nitrogens with one attached hydrogen (secondary N) is 2. The topological polar surface area (TPSA) is 126 Å². The summed E-state index contributed by atoms with van der Waals surface area (Å²) in [6, 6.07) is 12.9. The monoisotopic (exact) mass is 762 g/mol. The summed E-state index contributed by atoms with van der Waals surface area (Å²) in [4.78, 5) is 37.2. The zero-order valence-corrected chi connectivity index (χ0v) is 32.3. The molecule has 2 unspecified atom stereocenters. The molecule has 8 rings (SSSR count). The van der Waals surface area contributed by atoms with E-state index in [1.54, 1.807) is 17.5 Å². The zero-order chi connectivity index (χ0) is 37.7. The molecule has 0 aliphatic carbocycles. The van der Waals surface area contributed by atoms with Gasteiger partial charge in [-0.05, 0) is 69.5 Å². The van der Waals surface area contributed by atoms with Gasteiger partial charge in [0.15, 0.2) is 5.82 Å². The third kappa shape index (κ3) is 6.76. The number of fused-ring (bicyclic) bond motifs is 4. The van der Waals surface area contributed by atoms with Gasteiger partial charge in [0.25, 0.3) is 5.56 Å². The van der Waals surface area contributed by atoms with Gasteiger partial charge in [-0.2, -0.15) is 5.10 Å². The lowest BCUT2D eigenvalue weighted by Crippen LogP contribution is -2.48. The van der Waals surface area contributed by atoms with Gasteiger partial charge in [0, 0.05) is 89.2 Å². The van der Waals surface area contributed by atoms with Gasteiger partial charge >= 0.3 is 0 Å². The highest BCUT2D eigenvalue weighted by atomic mass is 35.5. The summed E-state index contributed by atoms with van der Waals surface area (Å²) in [6.45, 7) is 19.7. The molecule has 0 saturated carbocycles. The Morgan fingerprint density at radius 3 is 2.59 bits per heavy atom. The number of aryl methyl sites for hydroxylation is 2. The first-order chi connectivity index (χ1) is 26.0. The van der Waals surface area contributed by atoms with Gasteiger partial charge in [-0.15, -0.1) is 21.5 Å². The quantitative estimate of drug-likeness (QED) is 0.194. The van der Waals surface area contributed by atoms with Crippen molar-refractivity contribution in [2.45, 2.75) is 52.1 Å². The molecule has 12 nitrogen and oxygen atoms in total. The second-order valence-electron chi connectivity index (χ2n) is 14.3. The van der Waals surface area contributed by atoms with E-state index >= 15 is 0 Å². The normalized spacial score (nSPS) is 18.9. The first-order valence-corrected chi connectivity index (χ1v) is 19.5. The molecule has 2 atom stereocenters. The molecule has 0 radical (unpaired) electrons. The van der Waals surface area contributed by atoms with E-state index in [1.807, 2.05) is 49.4 Å². The molecule has 3 aromatic heterocycles. The summed E-state index contributed by atoms with van der Waals surface area (Å²) in [7, 11) is 0. The van der Waals surface area contributed by atoms with Crippen molar-refractivity contribution in [1.29, 1.82) is 0 Å². The Hall–Kier alpha value is -5.11. The SMILES string of the molecule is C=C(CC1N=C(c2ccc(Cl)cc2)c2c(sc(C)c2C)-n2c(C)nnc21)NCCN1CCN(c2ccc3c(=O)n(C4CCC(=C)NC4=O)ncc3c2)CC1. The van der Waals surface area contributed by atoms with Crippen molar-refractivity contribution >= 4 is 51.0 Å². The van der Waals surface area contributed by atoms with E-state index in [0.29, 0.717) is 35.4 Å². The van der Waals surface area contributed by atoms with Crippen molar-refractivity contribution in [3.05, 3.63) is 122 Å². The molecular formula is C40H43ClN10O2S. The predicted octanol–water partition coefficient (Wildman–Crippen LogP) is 5.79. The summed E-state index contributed by atoms with van der Waals surface area (Å²) in [5.74, 6) is 1.41. The Labute approximate surface area is 322 Å². The number of hydrogen-bond donors (Lipinski definition) is 2. The highest BCUT2D eigenvalue weighted by Crippen LogP contribution is 2.40. The van der Waals surface area contributed by atoms with Crippen LogP contribution in [0.4, 0.5) is 5.69 Å². The summed E-state index contributed by atoms with van der Waals surface area (Å²) in [6.07, 6.45) is 3.41. The Balaban J connectivity index is 0.896. The number of piperidine rings is 1. The van der Waals surface area contributed by atoms with Crippen molar-refractivity contribution in [2.75, 3.05) is 44.2 Å². The van der Waals surface area contributed by atoms with Crippen LogP contribution >= 0.6 is 22.9 Å². The van der Waals surface area contributed by atoms with Crippen LogP contribution in [0.5, 0.6) is 0 Å². The maximum Gasteiger partial charge on any atom is 0.275 e. The first kappa shape index (κ1) is 35.9. The molecule has 0 bridgehead atoms. The lowest BCUT2D eigenvalue weighted by atomic mass is 9.99. The molecular weight excluding hydrogens is 720 g/mol. The van der Waals surface area contributed by atoms with E-state index in [0.717, 1.165) is 89.5 Å². The minimum Gasteiger partial charge on any atom is -0.387 e. The van der Waals surface area contributed by atoms with Crippen LogP contribution in [-0.4, -0.2) is 80.3 Å². The second kappa shape index (κ2) is 14.6. The van der Waals surface area contributed by atoms with E-state index in [2.05, 4.69) is 67.3 Å². The molecule has 3 aliphatic heterocycles. The average molecular weight is 763 g/mol. The van der Waals surface area contributed by atoms with Crippen LogP contribution in [0, 0.1) is 20.8 Å². The van der Waals surface area contributed by atoms with E-state index in [1.165, 1.54) is 15.1 Å². The third-order valence-electron chi connectivity index (χ3n) is 10.7.